The summed E-state index contributed by atoms with van der Waals surface area (Å²) >= 11 is 0. The number of oxazole rings is 1. The Balaban J connectivity index is 1.94. The van der Waals surface area contributed by atoms with Crippen LogP contribution in [0.1, 0.15) is 16.1 Å². The van der Waals surface area contributed by atoms with E-state index in [4.69, 9.17) is 14.0 Å². The number of carbonyl (C=O) groups is 1. The van der Waals surface area contributed by atoms with Crippen LogP contribution < -0.4 is 0 Å². The highest BCUT2D eigenvalue weighted by molar-refractivity contribution is 5.88. The van der Waals surface area contributed by atoms with E-state index in [1.165, 1.54) is 18.5 Å². The van der Waals surface area contributed by atoms with Crippen molar-refractivity contribution in [3.8, 4) is 23.0 Å². The molecule has 0 aliphatic heterocycles. The van der Waals surface area contributed by atoms with E-state index in [0.717, 1.165) is 0 Å². The molecule has 0 bridgehead atoms. The summed E-state index contributed by atoms with van der Waals surface area (Å²) in [5.74, 6) is 0.0265. The van der Waals surface area contributed by atoms with E-state index in [1.807, 2.05) is 0 Å². The van der Waals surface area contributed by atoms with Crippen molar-refractivity contribution in [2.45, 2.75) is 6.92 Å². The molecule has 0 radical (unpaired) electrons. The number of aromatic nitrogens is 3. The van der Waals surface area contributed by atoms with Gasteiger partial charge in [0.05, 0.1) is 11.3 Å². The minimum Gasteiger partial charge on any atom is -0.478 e. The Labute approximate surface area is 112 Å². The van der Waals surface area contributed by atoms with Gasteiger partial charge in [0.1, 0.15) is 0 Å². The van der Waals surface area contributed by atoms with Gasteiger partial charge in [0.25, 0.3) is 5.89 Å². The third-order valence-electron chi connectivity index (χ3n) is 2.76. The molecule has 20 heavy (non-hydrogen) atoms. The van der Waals surface area contributed by atoms with Crippen molar-refractivity contribution in [2.24, 2.45) is 0 Å². The molecule has 0 fully saturated rings. The molecule has 0 saturated carbocycles. The van der Waals surface area contributed by atoms with Gasteiger partial charge in [-0.1, -0.05) is 17.3 Å². The van der Waals surface area contributed by atoms with Gasteiger partial charge < -0.3 is 14.0 Å². The van der Waals surface area contributed by atoms with Gasteiger partial charge in [-0.15, -0.1) is 0 Å². The van der Waals surface area contributed by atoms with E-state index >= 15 is 0 Å². The molecule has 3 aromatic rings. The fourth-order valence-electron chi connectivity index (χ4n) is 1.70. The number of aryl methyl sites for hydroxylation is 1. The van der Waals surface area contributed by atoms with Crippen LogP contribution in [0.2, 0.25) is 0 Å². The van der Waals surface area contributed by atoms with Gasteiger partial charge in [-0.25, -0.2) is 9.78 Å². The second-order valence-electron chi connectivity index (χ2n) is 4.07. The van der Waals surface area contributed by atoms with Gasteiger partial charge in [0.2, 0.25) is 11.6 Å². The van der Waals surface area contributed by atoms with Crippen LogP contribution in [-0.4, -0.2) is 26.2 Å². The van der Waals surface area contributed by atoms with E-state index in [9.17, 15) is 4.79 Å². The van der Waals surface area contributed by atoms with Crippen LogP contribution in [0, 0.1) is 6.92 Å². The van der Waals surface area contributed by atoms with Crippen LogP contribution in [0.3, 0.4) is 0 Å². The maximum atomic E-state index is 10.8. The highest BCUT2D eigenvalue weighted by Gasteiger charge is 2.16. The molecule has 3 rings (SSSR count). The molecule has 2 heterocycles. The minimum absolute atomic E-state index is 0.198. The van der Waals surface area contributed by atoms with E-state index in [1.54, 1.807) is 19.1 Å². The average molecular weight is 271 g/mol. The SMILES string of the molecule is Cc1ncoc1-c1nc(-c2ccc(C(=O)O)cc2)no1. The number of benzene rings is 1. The number of hydrogen-bond acceptors (Lipinski definition) is 6. The van der Waals surface area contributed by atoms with E-state index in [-0.39, 0.29) is 11.5 Å². The Morgan fingerprint density at radius 3 is 2.60 bits per heavy atom. The van der Waals surface area contributed by atoms with Gasteiger partial charge in [0, 0.05) is 5.56 Å². The first-order chi connectivity index (χ1) is 9.65. The summed E-state index contributed by atoms with van der Waals surface area (Å²) in [4.78, 5) is 18.9. The highest BCUT2D eigenvalue weighted by Crippen LogP contribution is 2.24. The standard InChI is InChI=1S/C13H9N3O4/c1-7-10(19-6-14-7)12-15-11(16-20-12)8-2-4-9(5-3-8)13(17)18/h2-6H,1H3,(H,17,18). The molecule has 0 spiro atoms. The molecule has 1 N–H and O–H groups in total. The van der Waals surface area contributed by atoms with Gasteiger partial charge >= 0.3 is 5.97 Å². The maximum Gasteiger partial charge on any atom is 0.335 e. The summed E-state index contributed by atoms with van der Waals surface area (Å²) in [6, 6.07) is 6.19. The molecule has 0 atom stereocenters. The zero-order chi connectivity index (χ0) is 14.1. The molecular weight excluding hydrogens is 262 g/mol. The van der Waals surface area contributed by atoms with Crippen LogP contribution in [-0.2, 0) is 0 Å². The Morgan fingerprint density at radius 1 is 1.25 bits per heavy atom. The molecule has 0 unspecified atom stereocenters. The summed E-state index contributed by atoms with van der Waals surface area (Å²) in [6.07, 6.45) is 1.30. The van der Waals surface area contributed by atoms with E-state index in [0.29, 0.717) is 22.8 Å². The lowest BCUT2D eigenvalue weighted by Gasteiger charge is -1.95. The average Bonchev–Trinajstić information content (AvgIpc) is 3.07. The second-order valence-corrected chi connectivity index (χ2v) is 4.07. The summed E-state index contributed by atoms with van der Waals surface area (Å²) in [6.45, 7) is 1.77. The van der Waals surface area contributed by atoms with Crippen molar-refractivity contribution in [1.82, 2.24) is 15.1 Å². The fourth-order valence-corrected chi connectivity index (χ4v) is 1.70. The largest absolute Gasteiger partial charge is 0.478 e. The van der Waals surface area contributed by atoms with E-state index in [2.05, 4.69) is 15.1 Å². The molecule has 100 valence electrons. The molecule has 0 aliphatic carbocycles. The molecule has 7 heteroatoms. The molecule has 7 nitrogen and oxygen atoms in total. The number of rotatable bonds is 3. The van der Waals surface area contributed by atoms with Crippen LogP contribution in [0.25, 0.3) is 23.0 Å². The molecule has 0 aliphatic rings. The fraction of sp³-hybridized carbons (Fsp3) is 0.0769. The third kappa shape index (κ3) is 2.05. The summed E-state index contributed by atoms with van der Waals surface area (Å²) in [5, 5.41) is 12.7. The van der Waals surface area contributed by atoms with Crippen LogP contribution in [0.15, 0.2) is 39.6 Å². The number of carboxylic acid groups (broad SMARTS) is 1. The summed E-state index contributed by atoms with van der Waals surface area (Å²) < 4.78 is 10.3. The second kappa shape index (κ2) is 4.61. The van der Waals surface area contributed by atoms with Gasteiger partial charge in [0.15, 0.2) is 6.39 Å². The number of hydrogen-bond donors (Lipinski definition) is 1. The molecular formula is C13H9N3O4. The molecule has 2 aromatic heterocycles. The van der Waals surface area contributed by atoms with Crippen molar-refractivity contribution in [1.29, 1.82) is 0 Å². The Hall–Kier alpha value is -2.96. The Kier molecular flexibility index (Phi) is 2.79. The first-order valence-corrected chi connectivity index (χ1v) is 5.73. The topological polar surface area (TPSA) is 102 Å². The lowest BCUT2D eigenvalue weighted by molar-refractivity contribution is 0.0697. The highest BCUT2D eigenvalue weighted by atomic mass is 16.5. The van der Waals surface area contributed by atoms with Crippen molar-refractivity contribution >= 4 is 5.97 Å². The van der Waals surface area contributed by atoms with Gasteiger partial charge in [-0.3, -0.25) is 0 Å². The van der Waals surface area contributed by atoms with Crippen LogP contribution in [0.4, 0.5) is 0 Å². The quantitative estimate of drug-likeness (QED) is 0.780. The molecule has 0 saturated heterocycles. The van der Waals surface area contributed by atoms with Gasteiger partial charge in [-0.05, 0) is 19.1 Å². The predicted octanol–water partition coefficient (Wildman–Crippen LogP) is 2.40. The Morgan fingerprint density at radius 2 is 2.00 bits per heavy atom. The lowest BCUT2D eigenvalue weighted by Crippen LogP contribution is -1.95. The number of carboxylic acids is 1. The predicted molar refractivity (Wildman–Crippen MR) is 66.9 cm³/mol. The number of nitrogens with zero attached hydrogens (tertiary/aromatic N) is 3. The third-order valence-corrected chi connectivity index (χ3v) is 2.76. The van der Waals surface area contributed by atoms with Crippen molar-refractivity contribution < 1.29 is 18.8 Å². The van der Waals surface area contributed by atoms with Crippen molar-refractivity contribution in [2.75, 3.05) is 0 Å². The van der Waals surface area contributed by atoms with Crippen LogP contribution >= 0.6 is 0 Å². The summed E-state index contributed by atoms with van der Waals surface area (Å²) in [7, 11) is 0. The van der Waals surface area contributed by atoms with Crippen LogP contribution in [0.5, 0.6) is 0 Å². The molecule has 0 amide bonds. The van der Waals surface area contributed by atoms with Crippen molar-refractivity contribution in [3.63, 3.8) is 0 Å². The van der Waals surface area contributed by atoms with Gasteiger partial charge in [-0.2, -0.15) is 4.98 Å². The smallest absolute Gasteiger partial charge is 0.335 e. The zero-order valence-corrected chi connectivity index (χ0v) is 10.4. The summed E-state index contributed by atoms with van der Waals surface area (Å²) in [5.41, 5.74) is 1.51. The minimum atomic E-state index is -0.984. The van der Waals surface area contributed by atoms with E-state index < -0.39 is 5.97 Å². The maximum absolute atomic E-state index is 10.8. The monoisotopic (exact) mass is 271 g/mol. The number of aromatic carboxylic acids is 1. The Bertz CT molecular complexity index is 758. The zero-order valence-electron chi connectivity index (χ0n) is 10.4. The normalized spacial score (nSPS) is 10.7. The molecule has 1 aromatic carbocycles. The first kappa shape index (κ1) is 12.1. The first-order valence-electron chi connectivity index (χ1n) is 5.73. The van der Waals surface area contributed by atoms with Crippen molar-refractivity contribution in [3.05, 3.63) is 41.9 Å². The lowest BCUT2D eigenvalue weighted by atomic mass is 10.1.